The first kappa shape index (κ1) is 20.3. The average Bonchev–Trinajstić information content (AvgIpc) is 2.80. The van der Waals surface area contributed by atoms with Crippen LogP contribution in [0.25, 0.3) is 0 Å². The summed E-state index contributed by atoms with van der Waals surface area (Å²) in [5, 5.41) is 10.8. The van der Waals surface area contributed by atoms with E-state index in [2.05, 4.69) is 34.1 Å². The van der Waals surface area contributed by atoms with Gasteiger partial charge in [-0.15, -0.1) is 0 Å². The third-order valence-corrected chi connectivity index (χ3v) is 5.71. The van der Waals surface area contributed by atoms with Gasteiger partial charge in [-0.1, -0.05) is 18.2 Å². The summed E-state index contributed by atoms with van der Waals surface area (Å²) in [5.74, 6) is -0.105. The Morgan fingerprint density at radius 1 is 1.00 bits per heavy atom. The summed E-state index contributed by atoms with van der Waals surface area (Å²) in [6, 6.07) is 16.2. The van der Waals surface area contributed by atoms with Gasteiger partial charge in [0.05, 0.1) is 17.6 Å². The SMILES string of the molecule is O=C(c1ccc([N+](=O)[O-])cc1)N1CCO[C@@H](CN2CCN(c3ccccc3)CC2)C1. The molecule has 0 N–H and O–H groups in total. The molecule has 0 saturated carbocycles. The number of benzene rings is 2. The number of carbonyl (C=O) groups is 1. The summed E-state index contributed by atoms with van der Waals surface area (Å²) in [5.41, 5.74) is 1.71. The average molecular weight is 410 g/mol. The maximum Gasteiger partial charge on any atom is 0.269 e. The van der Waals surface area contributed by atoms with Gasteiger partial charge < -0.3 is 14.5 Å². The first-order chi connectivity index (χ1) is 14.6. The third kappa shape index (κ3) is 4.77. The van der Waals surface area contributed by atoms with Crippen molar-refractivity contribution in [3.8, 4) is 0 Å². The monoisotopic (exact) mass is 410 g/mol. The number of amides is 1. The van der Waals surface area contributed by atoms with Gasteiger partial charge in [0, 0.05) is 69.2 Å². The lowest BCUT2D eigenvalue weighted by molar-refractivity contribution is -0.384. The van der Waals surface area contributed by atoms with E-state index in [9.17, 15) is 14.9 Å². The van der Waals surface area contributed by atoms with E-state index in [1.54, 1.807) is 4.90 Å². The van der Waals surface area contributed by atoms with Crippen LogP contribution >= 0.6 is 0 Å². The Bertz CT molecular complexity index is 866. The molecule has 0 radical (unpaired) electrons. The molecule has 0 unspecified atom stereocenters. The second kappa shape index (κ2) is 9.23. The number of para-hydroxylation sites is 1. The van der Waals surface area contributed by atoms with Crippen LogP contribution in [0.1, 0.15) is 10.4 Å². The van der Waals surface area contributed by atoms with Crippen molar-refractivity contribution < 1.29 is 14.5 Å². The molecule has 2 aliphatic heterocycles. The van der Waals surface area contributed by atoms with Crippen molar-refractivity contribution in [3.05, 3.63) is 70.3 Å². The smallest absolute Gasteiger partial charge is 0.269 e. The number of hydrogen-bond acceptors (Lipinski definition) is 6. The van der Waals surface area contributed by atoms with Crippen molar-refractivity contribution in [2.75, 3.05) is 57.3 Å². The lowest BCUT2D eigenvalue weighted by atomic mass is 10.1. The number of anilines is 1. The highest BCUT2D eigenvalue weighted by Crippen LogP contribution is 2.18. The van der Waals surface area contributed by atoms with Gasteiger partial charge in [-0.25, -0.2) is 0 Å². The van der Waals surface area contributed by atoms with Crippen LogP contribution in [-0.4, -0.2) is 79.2 Å². The zero-order valence-corrected chi connectivity index (χ0v) is 16.9. The van der Waals surface area contributed by atoms with E-state index < -0.39 is 4.92 Å². The number of piperazine rings is 1. The Labute approximate surface area is 175 Å². The molecule has 30 heavy (non-hydrogen) atoms. The Kier molecular flexibility index (Phi) is 6.25. The fraction of sp³-hybridized carbons (Fsp3) is 0.409. The molecule has 2 aromatic rings. The van der Waals surface area contributed by atoms with Crippen molar-refractivity contribution in [1.82, 2.24) is 9.80 Å². The standard InChI is InChI=1S/C22H26N4O4/c27-22(18-6-8-20(9-7-18)26(28)29)25-14-15-30-21(17-25)16-23-10-12-24(13-11-23)19-4-2-1-3-5-19/h1-9,21H,10-17H2/t21-/m0/s1. The Hall–Kier alpha value is -2.97. The van der Waals surface area contributed by atoms with Gasteiger partial charge in [-0.05, 0) is 24.3 Å². The fourth-order valence-electron chi connectivity index (χ4n) is 4.04. The Balaban J connectivity index is 1.29. The zero-order chi connectivity index (χ0) is 20.9. The van der Waals surface area contributed by atoms with Gasteiger partial charge in [0.1, 0.15) is 0 Å². The number of ether oxygens (including phenoxy) is 1. The maximum absolute atomic E-state index is 12.8. The van der Waals surface area contributed by atoms with E-state index >= 15 is 0 Å². The molecule has 1 amide bonds. The molecule has 158 valence electrons. The van der Waals surface area contributed by atoms with Gasteiger partial charge in [0.2, 0.25) is 0 Å². The number of nitrogens with zero attached hydrogens (tertiary/aromatic N) is 4. The summed E-state index contributed by atoms with van der Waals surface area (Å²) < 4.78 is 5.92. The van der Waals surface area contributed by atoms with Gasteiger partial charge in [-0.3, -0.25) is 19.8 Å². The summed E-state index contributed by atoms with van der Waals surface area (Å²) >= 11 is 0. The van der Waals surface area contributed by atoms with Crippen LogP contribution < -0.4 is 4.90 Å². The number of nitro benzene ring substituents is 1. The number of morpholine rings is 1. The molecule has 8 heteroatoms. The quantitative estimate of drug-likeness (QED) is 0.556. The number of non-ortho nitro benzene ring substituents is 1. The van der Waals surface area contributed by atoms with Crippen LogP contribution in [0.2, 0.25) is 0 Å². The molecule has 2 saturated heterocycles. The summed E-state index contributed by atoms with van der Waals surface area (Å²) in [6.07, 6.45) is -0.0241. The van der Waals surface area contributed by atoms with E-state index in [0.717, 1.165) is 32.7 Å². The number of carbonyl (C=O) groups excluding carboxylic acids is 1. The lowest BCUT2D eigenvalue weighted by Gasteiger charge is -2.40. The van der Waals surface area contributed by atoms with Gasteiger partial charge in [0.25, 0.3) is 11.6 Å². The topological polar surface area (TPSA) is 79.2 Å². The molecule has 0 aromatic heterocycles. The van der Waals surface area contributed by atoms with E-state index in [1.807, 2.05) is 6.07 Å². The van der Waals surface area contributed by atoms with Gasteiger partial charge in [0.15, 0.2) is 0 Å². The molecular formula is C22H26N4O4. The molecular weight excluding hydrogens is 384 g/mol. The van der Waals surface area contributed by atoms with Crippen LogP contribution in [0.3, 0.4) is 0 Å². The number of hydrogen-bond donors (Lipinski definition) is 0. The molecule has 0 bridgehead atoms. The van der Waals surface area contributed by atoms with Gasteiger partial charge in [-0.2, -0.15) is 0 Å². The molecule has 0 aliphatic carbocycles. The largest absolute Gasteiger partial charge is 0.373 e. The van der Waals surface area contributed by atoms with E-state index in [0.29, 0.717) is 25.3 Å². The minimum atomic E-state index is -0.462. The molecule has 0 spiro atoms. The van der Waals surface area contributed by atoms with Crippen molar-refractivity contribution in [1.29, 1.82) is 0 Å². The van der Waals surface area contributed by atoms with Crippen LogP contribution in [0, 0.1) is 10.1 Å². The van der Waals surface area contributed by atoms with E-state index in [4.69, 9.17) is 4.74 Å². The molecule has 2 aliphatic rings. The predicted octanol–water partition coefficient (Wildman–Crippen LogP) is 2.26. The summed E-state index contributed by atoms with van der Waals surface area (Å²) in [7, 11) is 0. The normalized spacial score (nSPS) is 20.2. The lowest BCUT2D eigenvalue weighted by Crippen LogP contribution is -2.53. The van der Waals surface area contributed by atoms with Crippen molar-refractivity contribution in [2.45, 2.75) is 6.10 Å². The minimum absolute atomic E-state index is 0.0129. The maximum atomic E-state index is 12.8. The zero-order valence-electron chi connectivity index (χ0n) is 16.9. The number of rotatable bonds is 5. The second-order valence-electron chi connectivity index (χ2n) is 7.67. The third-order valence-electron chi connectivity index (χ3n) is 5.71. The second-order valence-corrected chi connectivity index (χ2v) is 7.67. The Morgan fingerprint density at radius 3 is 2.37 bits per heavy atom. The first-order valence-corrected chi connectivity index (χ1v) is 10.3. The summed E-state index contributed by atoms with van der Waals surface area (Å²) in [4.78, 5) is 29.7. The molecule has 2 aromatic carbocycles. The predicted molar refractivity (Wildman–Crippen MR) is 114 cm³/mol. The van der Waals surface area contributed by atoms with Gasteiger partial charge >= 0.3 is 0 Å². The van der Waals surface area contributed by atoms with E-state index in [-0.39, 0.29) is 17.7 Å². The molecule has 4 rings (SSSR count). The molecule has 8 nitrogen and oxygen atoms in total. The first-order valence-electron chi connectivity index (χ1n) is 10.3. The van der Waals surface area contributed by atoms with Crippen molar-refractivity contribution in [2.24, 2.45) is 0 Å². The van der Waals surface area contributed by atoms with Crippen LogP contribution in [0.4, 0.5) is 11.4 Å². The van der Waals surface area contributed by atoms with Crippen LogP contribution in [0.5, 0.6) is 0 Å². The molecule has 2 fully saturated rings. The van der Waals surface area contributed by atoms with E-state index in [1.165, 1.54) is 30.0 Å². The molecule has 1 atom stereocenters. The summed E-state index contributed by atoms with van der Waals surface area (Å²) in [6.45, 7) is 6.25. The minimum Gasteiger partial charge on any atom is -0.373 e. The highest BCUT2D eigenvalue weighted by atomic mass is 16.6. The fourth-order valence-corrected chi connectivity index (χ4v) is 4.04. The highest BCUT2D eigenvalue weighted by Gasteiger charge is 2.28. The molecule has 2 heterocycles. The van der Waals surface area contributed by atoms with Crippen molar-refractivity contribution >= 4 is 17.3 Å². The van der Waals surface area contributed by atoms with Crippen LogP contribution in [0.15, 0.2) is 54.6 Å². The number of nitro groups is 1. The van der Waals surface area contributed by atoms with Crippen LogP contribution in [-0.2, 0) is 4.74 Å². The Morgan fingerprint density at radius 2 is 1.70 bits per heavy atom. The highest BCUT2D eigenvalue weighted by molar-refractivity contribution is 5.94. The van der Waals surface area contributed by atoms with Crippen molar-refractivity contribution in [3.63, 3.8) is 0 Å².